The van der Waals surface area contributed by atoms with Gasteiger partial charge in [0.05, 0.1) is 6.42 Å². The Balaban J connectivity index is 4.31. The monoisotopic (exact) mass is 242 g/mol. The van der Waals surface area contributed by atoms with Gasteiger partial charge >= 0.3 is 0 Å². The van der Waals surface area contributed by atoms with Crippen molar-refractivity contribution in [3.05, 3.63) is 0 Å². The number of carbonyl (C=O) groups excluding carboxylic acids is 2. The van der Waals surface area contributed by atoms with E-state index in [1.54, 1.807) is 0 Å². The van der Waals surface area contributed by atoms with Crippen LogP contribution in [-0.4, -0.2) is 19.3 Å². The maximum Gasteiger partial charge on any atom is 0.139 e. The van der Waals surface area contributed by atoms with Crippen LogP contribution >= 0.6 is 0 Å². The van der Waals surface area contributed by atoms with Crippen LogP contribution in [0.25, 0.3) is 0 Å². The topological polar surface area (TPSA) is 34.1 Å². The molecular weight excluding hydrogens is 216 g/mol. The maximum atomic E-state index is 12.0. The Bertz CT molecular complexity index is 262. The lowest BCUT2D eigenvalue weighted by atomic mass is 9.94. The molecule has 0 unspecified atom stereocenters. The van der Waals surface area contributed by atoms with E-state index in [1.165, 1.54) is 0 Å². The minimum Gasteiger partial charge on any atom is -0.305 e. The van der Waals surface area contributed by atoms with Gasteiger partial charge in [0.1, 0.15) is 19.3 Å². The lowest BCUT2D eigenvalue weighted by molar-refractivity contribution is -0.123. The van der Waals surface area contributed by atoms with E-state index in [0.717, 1.165) is 12.5 Å². The average Bonchev–Trinajstić information content (AvgIpc) is 2.13. The number of carbonyl (C=O) groups is 2. The van der Waals surface area contributed by atoms with Crippen molar-refractivity contribution in [2.75, 3.05) is 0 Å². The minimum atomic E-state index is -1.86. The molecule has 94 valence electrons. The second-order valence-electron chi connectivity index (χ2n) is 6.44. The van der Waals surface area contributed by atoms with Crippen molar-refractivity contribution in [3.63, 3.8) is 0 Å². The minimum absolute atomic E-state index is 0.0846. The molecule has 0 bridgehead atoms. The van der Waals surface area contributed by atoms with E-state index in [9.17, 15) is 9.59 Å². The summed E-state index contributed by atoms with van der Waals surface area (Å²) in [6.07, 6.45) is 1.72. The molecule has 0 aliphatic heterocycles. The summed E-state index contributed by atoms with van der Waals surface area (Å²) in [5.41, 5.74) is 0.277. The van der Waals surface area contributed by atoms with Gasteiger partial charge in [-0.15, -0.1) is 0 Å². The number of Topliss-reactive ketones (excluding diaryl/α,β-unsaturated/α-hetero) is 1. The van der Waals surface area contributed by atoms with Crippen molar-refractivity contribution in [1.29, 1.82) is 0 Å². The number of hydrogen-bond acceptors (Lipinski definition) is 2. The van der Waals surface area contributed by atoms with Gasteiger partial charge in [-0.05, 0) is 5.41 Å². The highest BCUT2D eigenvalue weighted by molar-refractivity contribution is 7.04. The van der Waals surface area contributed by atoms with Gasteiger partial charge in [0, 0.05) is 6.42 Å². The molecule has 0 atom stereocenters. The Kier molecular flexibility index (Phi) is 5.60. The molecular formula is C13H26O2Si. The highest BCUT2D eigenvalue weighted by atomic mass is 28.3. The van der Waals surface area contributed by atoms with Crippen LogP contribution in [0.4, 0.5) is 0 Å². The molecule has 0 aliphatic carbocycles. The highest BCUT2D eigenvalue weighted by Crippen LogP contribution is 2.26. The third-order valence-corrected chi connectivity index (χ3v) is 6.19. The van der Waals surface area contributed by atoms with E-state index >= 15 is 0 Å². The predicted molar refractivity (Wildman–Crippen MR) is 71.3 cm³/mol. The van der Waals surface area contributed by atoms with E-state index in [2.05, 4.69) is 33.9 Å². The fourth-order valence-corrected chi connectivity index (χ4v) is 3.70. The first-order valence-corrected chi connectivity index (χ1v) is 9.34. The van der Waals surface area contributed by atoms with Gasteiger partial charge in [-0.25, -0.2) is 0 Å². The molecule has 0 spiro atoms. The zero-order valence-electron chi connectivity index (χ0n) is 11.6. The molecule has 3 heteroatoms. The molecule has 0 fully saturated rings. The molecule has 0 saturated carbocycles. The van der Waals surface area contributed by atoms with Gasteiger partial charge in [-0.1, -0.05) is 53.3 Å². The first-order chi connectivity index (χ1) is 7.08. The summed E-state index contributed by atoms with van der Waals surface area (Å²) >= 11 is 0. The van der Waals surface area contributed by atoms with Crippen molar-refractivity contribution in [3.8, 4) is 0 Å². The number of rotatable bonds is 6. The molecule has 0 aliphatic rings. The molecule has 0 amide bonds. The van der Waals surface area contributed by atoms with Crippen LogP contribution in [0, 0.1) is 5.41 Å². The molecule has 0 aromatic rings. The second-order valence-corrected chi connectivity index (χ2v) is 11.3. The summed E-state index contributed by atoms with van der Waals surface area (Å²) in [6, 6.07) is 0.992. The largest absolute Gasteiger partial charge is 0.305 e. The van der Waals surface area contributed by atoms with Crippen molar-refractivity contribution in [1.82, 2.24) is 0 Å². The fraction of sp³-hybridized carbons (Fsp3) is 0.846. The molecule has 2 nitrogen and oxygen atoms in total. The molecule has 0 aromatic carbocycles. The standard InChI is InChI=1S/C13H26O2Si/c1-7-11(14)10-12(15)16(5,6)9-8-13(2,3)4/h7-10H2,1-6H3. The molecule has 16 heavy (non-hydrogen) atoms. The zero-order chi connectivity index (χ0) is 13.0. The lowest BCUT2D eigenvalue weighted by Crippen LogP contribution is -2.39. The molecule has 0 heterocycles. The van der Waals surface area contributed by atoms with E-state index < -0.39 is 8.07 Å². The second kappa shape index (κ2) is 5.76. The first-order valence-electron chi connectivity index (χ1n) is 6.13. The Morgan fingerprint density at radius 1 is 1.12 bits per heavy atom. The Labute approximate surface area is 101 Å². The van der Waals surface area contributed by atoms with Crippen LogP contribution in [0.3, 0.4) is 0 Å². The Hall–Kier alpha value is -0.443. The van der Waals surface area contributed by atoms with Gasteiger partial charge in [0.15, 0.2) is 0 Å². The first kappa shape index (κ1) is 15.6. The lowest BCUT2D eigenvalue weighted by Gasteiger charge is -2.25. The normalized spacial score (nSPS) is 12.6. The van der Waals surface area contributed by atoms with Gasteiger partial charge in [-0.3, -0.25) is 4.79 Å². The quantitative estimate of drug-likeness (QED) is 0.527. The van der Waals surface area contributed by atoms with Crippen LogP contribution in [-0.2, 0) is 9.59 Å². The van der Waals surface area contributed by atoms with Crippen molar-refractivity contribution < 1.29 is 9.59 Å². The van der Waals surface area contributed by atoms with Gasteiger partial charge in [-0.2, -0.15) is 0 Å². The van der Waals surface area contributed by atoms with E-state index in [1.807, 2.05) is 6.92 Å². The summed E-state index contributed by atoms with van der Waals surface area (Å²) in [4.78, 5) is 23.3. The van der Waals surface area contributed by atoms with E-state index in [0.29, 0.717) is 6.42 Å². The van der Waals surface area contributed by atoms with Crippen LogP contribution in [0.2, 0.25) is 19.1 Å². The molecule has 0 N–H and O–H groups in total. The number of hydrogen-bond donors (Lipinski definition) is 0. The van der Waals surface area contributed by atoms with Gasteiger partial charge in [0.25, 0.3) is 0 Å². The molecule has 0 rings (SSSR count). The number of ketones is 1. The third-order valence-electron chi connectivity index (χ3n) is 3.01. The van der Waals surface area contributed by atoms with Crippen molar-refractivity contribution >= 4 is 19.3 Å². The van der Waals surface area contributed by atoms with Crippen LogP contribution in [0.5, 0.6) is 0 Å². The maximum absolute atomic E-state index is 12.0. The third kappa shape index (κ3) is 6.21. The zero-order valence-corrected chi connectivity index (χ0v) is 12.6. The van der Waals surface area contributed by atoms with Crippen LogP contribution < -0.4 is 0 Å². The predicted octanol–water partition coefficient (Wildman–Crippen LogP) is 3.61. The molecule has 0 radical (unpaired) electrons. The summed E-state index contributed by atoms with van der Waals surface area (Å²) in [7, 11) is -1.86. The summed E-state index contributed by atoms with van der Waals surface area (Å²) in [5, 5.41) is 0.226. The van der Waals surface area contributed by atoms with E-state index in [4.69, 9.17) is 0 Å². The van der Waals surface area contributed by atoms with Crippen molar-refractivity contribution in [2.24, 2.45) is 5.41 Å². The fourth-order valence-electron chi connectivity index (χ4n) is 1.37. The average molecular weight is 242 g/mol. The van der Waals surface area contributed by atoms with Crippen LogP contribution in [0.15, 0.2) is 0 Å². The molecule has 0 aromatic heterocycles. The summed E-state index contributed by atoms with van der Waals surface area (Å²) < 4.78 is 0. The highest BCUT2D eigenvalue weighted by Gasteiger charge is 2.32. The van der Waals surface area contributed by atoms with Crippen molar-refractivity contribution in [2.45, 2.75) is 66.1 Å². The molecule has 0 saturated heterocycles. The summed E-state index contributed by atoms with van der Waals surface area (Å²) in [6.45, 7) is 12.6. The van der Waals surface area contributed by atoms with Gasteiger partial charge in [0.2, 0.25) is 0 Å². The smallest absolute Gasteiger partial charge is 0.139 e. The van der Waals surface area contributed by atoms with E-state index in [-0.39, 0.29) is 23.0 Å². The Morgan fingerprint density at radius 3 is 2.00 bits per heavy atom. The van der Waals surface area contributed by atoms with Crippen LogP contribution in [0.1, 0.15) is 47.0 Å². The SMILES string of the molecule is CCC(=O)CC(=O)[Si](C)(C)CCC(C)(C)C. The van der Waals surface area contributed by atoms with Gasteiger partial charge < -0.3 is 4.79 Å². The Morgan fingerprint density at radius 2 is 1.62 bits per heavy atom. The summed E-state index contributed by atoms with van der Waals surface area (Å²) in [5.74, 6) is 0.0846.